The van der Waals surface area contributed by atoms with Crippen molar-refractivity contribution in [2.24, 2.45) is 5.92 Å². The first-order valence-electron chi connectivity index (χ1n) is 4.87. The molecule has 1 fully saturated rings. The molecule has 1 heterocycles. The number of benzene rings is 1. The van der Waals surface area contributed by atoms with Gasteiger partial charge < -0.3 is 10.0 Å². The number of anilines is 1. The van der Waals surface area contributed by atoms with Gasteiger partial charge in [-0.3, -0.25) is 9.59 Å². The fourth-order valence-corrected chi connectivity index (χ4v) is 2.01. The zero-order valence-electron chi connectivity index (χ0n) is 8.39. The Morgan fingerprint density at radius 2 is 2.12 bits per heavy atom. The molecule has 0 aromatic heterocycles. The standard InChI is InChI=1S/C11H10ClNO3/c12-8-3-1-2-4-9(8)13-6-7(11(15)16)5-10(13)14/h1-4,7H,5-6H2,(H,15,16). The lowest BCUT2D eigenvalue weighted by atomic mass is 10.1. The summed E-state index contributed by atoms with van der Waals surface area (Å²) in [6.07, 6.45) is 0.0422. The van der Waals surface area contributed by atoms with Crippen molar-refractivity contribution in [3.05, 3.63) is 29.3 Å². The first-order chi connectivity index (χ1) is 7.59. The largest absolute Gasteiger partial charge is 0.481 e. The Balaban J connectivity index is 2.27. The summed E-state index contributed by atoms with van der Waals surface area (Å²) in [5.41, 5.74) is 0.581. The van der Waals surface area contributed by atoms with Crippen molar-refractivity contribution >= 4 is 29.2 Å². The molecule has 1 aliphatic rings. The molecule has 0 radical (unpaired) electrons. The van der Waals surface area contributed by atoms with E-state index in [1.165, 1.54) is 4.90 Å². The predicted octanol–water partition coefficient (Wildman–Crippen LogP) is 1.78. The highest BCUT2D eigenvalue weighted by atomic mass is 35.5. The summed E-state index contributed by atoms with van der Waals surface area (Å²) in [4.78, 5) is 23.9. The van der Waals surface area contributed by atoms with Crippen LogP contribution < -0.4 is 4.90 Å². The summed E-state index contributed by atoms with van der Waals surface area (Å²) in [6, 6.07) is 6.92. The Hall–Kier alpha value is -1.55. The molecule has 2 rings (SSSR count). The maximum atomic E-state index is 11.6. The van der Waals surface area contributed by atoms with Crippen LogP contribution in [0, 0.1) is 5.92 Å². The van der Waals surface area contributed by atoms with Crippen molar-refractivity contribution < 1.29 is 14.7 Å². The zero-order chi connectivity index (χ0) is 11.7. The topological polar surface area (TPSA) is 57.6 Å². The van der Waals surface area contributed by atoms with Crippen molar-refractivity contribution in [2.45, 2.75) is 6.42 Å². The number of amides is 1. The summed E-state index contributed by atoms with van der Waals surface area (Å²) in [5.74, 6) is -1.77. The molecule has 1 aromatic carbocycles. The normalized spacial score (nSPS) is 20.2. The van der Waals surface area contributed by atoms with E-state index in [-0.39, 0.29) is 18.9 Å². The van der Waals surface area contributed by atoms with Crippen LogP contribution in [0.3, 0.4) is 0 Å². The molecule has 4 nitrogen and oxygen atoms in total. The molecule has 0 bridgehead atoms. The van der Waals surface area contributed by atoms with E-state index in [0.29, 0.717) is 10.7 Å². The Morgan fingerprint density at radius 3 is 2.69 bits per heavy atom. The maximum absolute atomic E-state index is 11.6. The van der Waals surface area contributed by atoms with Gasteiger partial charge in [0, 0.05) is 13.0 Å². The number of hydrogen-bond acceptors (Lipinski definition) is 2. The molecule has 1 unspecified atom stereocenters. The third-order valence-corrected chi connectivity index (χ3v) is 2.94. The molecule has 0 spiro atoms. The van der Waals surface area contributed by atoms with E-state index in [9.17, 15) is 9.59 Å². The molecular weight excluding hydrogens is 230 g/mol. The molecule has 84 valence electrons. The van der Waals surface area contributed by atoms with Crippen LogP contribution in [-0.2, 0) is 9.59 Å². The van der Waals surface area contributed by atoms with E-state index < -0.39 is 11.9 Å². The average Bonchev–Trinajstić information content (AvgIpc) is 2.61. The van der Waals surface area contributed by atoms with Gasteiger partial charge in [-0.05, 0) is 12.1 Å². The van der Waals surface area contributed by atoms with Crippen molar-refractivity contribution in [3.8, 4) is 0 Å². The van der Waals surface area contributed by atoms with E-state index in [2.05, 4.69) is 0 Å². The van der Waals surface area contributed by atoms with Gasteiger partial charge >= 0.3 is 5.97 Å². The van der Waals surface area contributed by atoms with Crippen molar-refractivity contribution in [3.63, 3.8) is 0 Å². The van der Waals surface area contributed by atoms with Crippen LogP contribution in [0.2, 0.25) is 5.02 Å². The van der Waals surface area contributed by atoms with E-state index in [0.717, 1.165) is 0 Å². The predicted molar refractivity (Wildman–Crippen MR) is 59.5 cm³/mol. The highest BCUT2D eigenvalue weighted by Gasteiger charge is 2.35. The second kappa shape index (κ2) is 4.14. The molecule has 1 aliphatic heterocycles. The minimum absolute atomic E-state index is 0.0422. The molecule has 0 aliphatic carbocycles. The number of aliphatic carboxylic acids is 1. The number of nitrogens with zero attached hydrogens (tertiary/aromatic N) is 1. The second-order valence-corrected chi connectivity index (χ2v) is 4.10. The number of hydrogen-bond donors (Lipinski definition) is 1. The van der Waals surface area contributed by atoms with Crippen molar-refractivity contribution in [1.29, 1.82) is 0 Å². The summed E-state index contributed by atoms with van der Waals surface area (Å²) < 4.78 is 0. The third kappa shape index (κ3) is 1.88. The number of carbonyl (C=O) groups excluding carboxylic acids is 1. The number of rotatable bonds is 2. The molecule has 1 amide bonds. The van der Waals surface area contributed by atoms with Crippen LogP contribution in [0.1, 0.15) is 6.42 Å². The van der Waals surface area contributed by atoms with Crippen LogP contribution in [-0.4, -0.2) is 23.5 Å². The Morgan fingerprint density at radius 1 is 1.44 bits per heavy atom. The number of halogens is 1. The monoisotopic (exact) mass is 239 g/mol. The highest BCUT2D eigenvalue weighted by molar-refractivity contribution is 6.33. The average molecular weight is 240 g/mol. The van der Waals surface area contributed by atoms with Crippen molar-refractivity contribution in [1.82, 2.24) is 0 Å². The number of para-hydroxylation sites is 1. The molecule has 1 atom stereocenters. The van der Waals surface area contributed by atoms with Crippen LogP contribution in [0.15, 0.2) is 24.3 Å². The zero-order valence-corrected chi connectivity index (χ0v) is 9.15. The first kappa shape index (κ1) is 11.0. The molecule has 16 heavy (non-hydrogen) atoms. The smallest absolute Gasteiger partial charge is 0.308 e. The lowest BCUT2D eigenvalue weighted by Gasteiger charge is -2.17. The van der Waals surface area contributed by atoms with Gasteiger partial charge in [-0.15, -0.1) is 0 Å². The summed E-state index contributed by atoms with van der Waals surface area (Å²) in [5, 5.41) is 9.31. The van der Waals surface area contributed by atoms with Crippen LogP contribution in [0.25, 0.3) is 0 Å². The first-order valence-corrected chi connectivity index (χ1v) is 5.25. The summed E-state index contributed by atoms with van der Waals surface area (Å²) in [7, 11) is 0. The van der Waals surface area contributed by atoms with Gasteiger partial charge in [0.1, 0.15) is 0 Å². The Labute approximate surface area is 97.4 Å². The Kier molecular flexibility index (Phi) is 2.83. The fourth-order valence-electron chi connectivity index (χ4n) is 1.78. The van der Waals surface area contributed by atoms with E-state index in [1.54, 1.807) is 24.3 Å². The van der Waals surface area contributed by atoms with Crippen LogP contribution in [0.5, 0.6) is 0 Å². The van der Waals surface area contributed by atoms with Gasteiger partial charge in [0.25, 0.3) is 0 Å². The van der Waals surface area contributed by atoms with Gasteiger partial charge in [-0.2, -0.15) is 0 Å². The fraction of sp³-hybridized carbons (Fsp3) is 0.273. The van der Waals surface area contributed by atoms with E-state index in [4.69, 9.17) is 16.7 Å². The SMILES string of the molecule is O=C(O)C1CC(=O)N(c2ccccc2Cl)C1. The molecule has 1 saturated heterocycles. The third-order valence-electron chi connectivity index (χ3n) is 2.62. The lowest BCUT2D eigenvalue weighted by Crippen LogP contribution is -2.25. The highest BCUT2D eigenvalue weighted by Crippen LogP contribution is 2.30. The van der Waals surface area contributed by atoms with Gasteiger partial charge in [-0.25, -0.2) is 0 Å². The molecule has 0 saturated carbocycles. The molecule has 1 N–H and O–H groups in total. The second-order valence-electron chi connectivity index (χ2n) is 3.70. The number of carboxylic acids is 1. The summed E-state index contributed by atoms with van der Waals surface area (Å²) >= 11 is 5.96. The van der Waals surface area contributed by atoms with Crippen molar-refractivity contribution in [2.75, 3.05) is 11.4 Å². The van der Waals surface area contributed by atoms with E-state index in [1.807, 2.05) is 0 Å². The maximum Gasteiger partial charge on any atom is 0.308 e. The van der Waals surface area contributed by atoms with Crippen LogP contribution in [0.4, 0.5) is 5.69 Å². The number of carboxylic acid groups (broad SMARTS) is 1. The van der Waals surface area contributed by atoms with Gasteiger partial charge in [0.15, 0.2) is 0 Å². The van der Waals surface area contributed by atoms with Crippen LogP contribution >= 0.6 is 11.6 Å². The van der Waals surface area contributed by atoms with E-state index >= 15 is 0 Å². The Bertz CT molecular complexity index is 447. The molecule has 5 heteroatoms. The quantitative estimate of drug-likeness (QED) is 0.856. The molecular formula is C11H10ClNO3. The minimum Gasteiger partial charge on any atom is -0.481 e. The van der Waals surface area contributed by atoms with Gasteiger partial charge in [0.05, 0.1) is 16.6 Å². The van der Waals surface area contributed by atoms with Gasteiger partial charge in [-0.1, -0.05) is 23.7 Å². The molecule has 1 aromatic rings. The minimum atomic E-state index is -0.942. The summed E-state index contributed by atoms with van der Waals surface area (Å²) in [6.45, 7) is 0.192. The van der Waals surface area contributed by atoms with Gasteiger partial charge in [0.2, 0.25) is 5.91 Å². The lowest BCUT2D eigenvalue weighted by molar-refractivity contribution is -0.141. The number of carbonyl (C=O) groups is 2.